The molecule has 1 fully saturated rings. The SMILES string of the molecule is CCOC(=O)c1c(-c2ccccc2)oc2ccc(O)c(CN3CCCC(C)C3)c12.Cl. The van der Waals surface area contributed by atoms with Crippen molar-refractivity contribution in [2.45, 2.75) is 33.2 Å². The molecule has 0 aliphatic carbocycles. The number of nitrogens with zero attached hydrogens (tertiary/aromatic N) is 1. The van der Waals surface area contributed by atoms with Crippen LogP contribution in [0.4, 0.5) is 0 Å². The number of hydrogen-bond acceptors (Lipinski definition) is 5. The van der Waals surface area contributed by atoms with Crippen molar-refractivity contribution in [3.63, 3.8) is 0 Å². The van der Waals surface area contributed by atoms with E-state index in [9.17, 15) is 9.90 Å². The highest BCUT2D eigenvalue weighted by Gasteiger charge is 2.28. The zero-order valence-corrected chi connectivity index (χ0v) is 18.2. The zero-order valence-electron chi connectivity index (χ0n) is 17.4. The van der Waals surface area contributed by atoms with Gasteiger partial charge in [0.05, 0.1) is 6.61 Å². The summed E-state index contributed by atoms with van der Waals surface area (Å²) in [5.41, 5.74) is 2.52. The van der Waals surface area contributed by atoms with Crippen molar-refractivity contribution in [3.8, 4) is 17.1 Å². The van der Waals surface area contributed by atoms with Gasteiger partial charge in [-0.3, -0.25) is 4.90 Å². The fraction of sp³-hybridized carbons (Fsp3) is 0.375. The molecule has 5 nitrogen and oxygen atoms in total. The summed E-state index contributed by atoms with van der Waals surface area (Å²) >= 11 is 0. The Balaban J connectivity index is 0.00000256. The number of carbonyl (C=O) groups excluding carboxylic acids is 1. The van der Waals surface area contributed by atoms with Gasteiger partial charge in [0.25, 0.3) is 0 Å². The molecule has 0 amide bonds. The second-order valence-corrected chi connectivity index (χ2v) is 7.81. The number of ether oxygens (including phenoxy) is 1. The van der Waals surface area contributed by atoms with Gasteiger partial charge >= 0.3 is 5.97 Å². The molecule has 30 heavy (non-hydrogen) atoms. The number of esters is 1. The highest BCUT2D eigenvalue weighted by molar-refractivity contribution is 6.10. The molecular weight excluding hydrogens is 402 g/mol. The first kappa shape index (κ1) is 22.2. The van der Waals surface area contributed by atoms with E-state index in [0.717, 1.165) is 30.6 Å². The van der Waals surface area contributed by atoms with Crippen LogP contribution in [-0.2, 0) is 11.3 Å². The summed E-state index contributed by atoms with van der Waals surface area (Å²) in [6, 6.07) is 12.9. The van der Waals surface area contributed by atoms with Crippen LogP contribution in [0.5, 0.6) is 5.75 Å². The normalized spacial score (nSPS) is 16.9. The standard InChI is InChI=1S/C24H27NO4.ClH/c1-3-28-24(27)22-21-18(15-25-13-7-8-16(2)14-25)19(26)11-12-20(21)29-23(22)17-9-5-4-6-10-17;/h4-6,9-12,16,26H,3,7-8,13-15H2,1-2H3;1H. The predicted octanol–water partition coefficient (Wildman–Crippen LogP) is 5.64. The number of fused-ring (bicyclic) bond motifs is 1. The predicted molar refractivity (Wildman–Crippen MR) is 120 cm³/mol. The molecule has 1 atom stereocenters. The van der Waals surface area contributed by atoms with Crippen molar-refractivity contribution < 1.29 is 19.1 Å². The van der Waals surface area contributed by atoms with Gasteiger partial charge in [-0.1, -0.05) is 37.3 Å². The third kappa shape index (κ3) is 4.32. The van der Waals surface area contributed by atoms with Crippen molar-refractivity contribution in [3.05, 3.63) is 53.6 Å². The molecule has 0 spiro atoms. The lowest BCUT2D eigenvalue weighted by atomic mass is 9.97. The van der Waals surface area contributed by atoms with Crippen molar-refractivity contribution in [2.24, 2.45) is 5.92 Å². The van der Waals surface area contributed by atoms with E-state index in [2.05, 4.69) is 11.8 Å². The molecule has 1 unspecified atom stereocenters. The first-order valence-corrected chi connectivity index (χ1v) is 10.3. The van der Waals surface area contributed by atoms with Crippen LogP contribution < -0.4 is 0 Å². The van der Waals surface area contributed by atoms with E-state index in [1.165, 1.54) is 6.42 Å². The van der Waals surface area contributed by atoms with Crippen LogP contribution in [0, 0.1) is 5.92 Å². The molecule has 1 aromatic heterocycles. The molecule has 3 aromatic rings. The molecule has 4 rings (SSSR count). The Bertz CT molecular complexity index is 1010. The average molecular weight is 430 g/mol. The Kier molecular flexibility index (Phi) is 7.06. The zero-order chi connectivity index (χ0) is 20.4. The summed E-state index contributed by atoms with van der Waals surface area (Å²) in [6.45, 7) is 6.86. The molecule has 1 saturated heterocycles. The third-order valence-corrected chi connectivity index (χ3v) is 5.58. The number of halogens is 1. The topological polar surface area (TPSA) is 62.9 Å². The molecule has 1 N–H and O–H groups in total. The van der Waals surface area contributed by atoms with Crippen LogP contribution in [0.1, 0.15) is 42.6 Å². The van der Waals surface area contributed by atoms with Crippen LogP contribution in [-0.4, -0.2) is 35.7 Å². The van der Waals surface area contributed by atoms with Crippen LogP contribution in [0.2, 0.25) is 0 Å². The minimum absolute atomic E-state index is 0. The Morgan fingerprint density at radius 3 is 2.70 bits per heavy atom. The largest absolute Gasteiger partial charge is 0.508 e. The minimum atomic E-state index is -0.427. The van der Waals surface area contributed by atoms with Gasteiger partial charge in [-0.15, -0.1) is 12.4 Å². The maximum Gasteiger partial charge on any atom is 0.342 e. The Morgan fingerprint density at radius 1 is 1.23 bits per heavy atom. The summed E-state index contributed by atoms with van der Waals surface area (Å²) < 4.78 is 11.5. The summed E-state index contributed by atoms with van der Waals surface area (Å²) in [6.07, 6.45) is 2.37. The lowest BCUT2D eigenvalue weighted by Crippen LogP contribution is -2.33. The first-order valence-electron chi connectivity index (χ1n) is 10.3. The van der Waals surface area contributed by atoms with E-state index in [-0.39, 0.29) is 24.8 Å². The number of rotatable bonds is 5. The fourth-order valence-electron chi connectivity index (χ4n) is 4.25. The molecule has 2 heterocycles. The van der Waals surface area contributed by atoms with Crippen LogP contribution in [0.15, 0.2) is 46.9 Å². The summed E-state index contributed by atoms with van der Waals surface area (Å²) in [7, 11) is 0. The van der Waals surface area contributed by atoms with Crippen molar-refractivity contribution >= 4 is 29.3 Å². The second kappa shape index (κ2) is 9.54. The van der Waals surface area contributed by atoms with E-state index in [4.69, 9.17) is 9.15 Å². The molecule has 2 aromatic carbocycles. The van der Waals surface area contributed by atoms with Gasteiger partial charge in [0.1, 0.15) is 22.7 Å². The molecule has 160 valence electrons. The number of piperidine rings is 1. The first-order chi connectivity index (χ1) is 14.1. The summed E-state index contributed by atoms with van der Waals surface area (Å²) in [5.74, 6) is 0.863. The van der Waals surface area contributed by atoms with E-state index in [0.29, 0.717) is 34.8 Å². The van der Waals surface area contributed by atoms with Crippen molar-refractivity contribution in [1.29, 1.82) is 0 Å². The number of likely N-dealkylation sites (tertiary alicyclic amines) is 1. The number of phenolic OH excluding ortho intramolecular Hbond substituents is 1. The number of carbonyl (C=O) groups is 1. The fourth-order valence-corrected chi connectivity index (χ4v) is 4.25. The monoisotopic (exact) mass is 429 g/mol. The van der Waals surface area contributed by atoms with Gasteiger partial charge in [-0.05, 0) is 44.4 Å². The molecule has 1 aliphatic rings. The van der Waals surface area contributed by atoms with E-state index >= 15 is 0 Å². The molecule has 6 heteroatoms. The third-order valence-electron chi connectivity index (χ3n) is 5.58. The van der Waals surface area contributed by atoms with E-state index in [1.54, 1.807) is 19.1 Å². The maximum atomic E-state index is 12.9. The Labute approximate surface area is 183 Å². The number of furan rings is 1. The Morgan fingerprint density at radius 2 is 2.00 bits per heavy atom. The van der Waals surface area contributed by atoms with Gasteiger partial charge in [0.2, 0.25) is 0 Å². The summed E-state index contributed by atoms with van der Waals surface area (Å²) in [4.78, 5) is 15.3. The molecule has 1 aliphatic heterocycles. The number of phenols is 1. The highest BCUT2D eigenvalue weighted by Crippen LogP contribution is 2.39. The van der Waals surface area contributed by atoms with Crippen molar-refractivity contribution in [1.82, 2.24) is 4.90 Å². The van der Waals surface area contributed by atoms with Crippen LogP contribution in [0.25, 0.3) is 22.3 Å². The number of aromatic hydroxyl groups is 1. The van der Waals surface area contributed by atoms with E-state index in [1.807, 2.05) is 30.3 Å². The number of hydrogen-bond donors (Lipinski definition) is 1. The van der Waals surface area contributed by atoms with Gasteiger partial charge in [-0.25, -0.2) is 4.79 Å². The Hall–Kier alpha value is -2.50. The van der Waals surface area contributed by atoms with Gasteiger partial charge < -0.3 is 14.3 Å². The second-order valence-electron chi connectivity index (χ2n) is 7.81. The van der Waals surface area contributed by atoms with Crippen LogP contribution >= 0.6 is 12.4 Å². The quantitative estimate of drug-likeness (QED) is 0.532. The van der Waals surface area contributed by atoms with E-state index < -0.39 is 5.97 Å². The lowest BCUT2D eigenvalue weighted by Gasteiger charge is -2.31. The maximum absolute atomic E-state index is 12.9. The lowest BCUT2D eigenvalue weighted by molar-refractivity contribution is 0.0528. The van der Waals surface area contributed by atoms with Gasteiger partial charge in [0, 0.05) is 29.6 Å². The number of benzene rings is 2. The molecular formula is C24H28ClNO4. The van der Waals surface area contributed by atoms with Crippen molar-refractivity contribution in [2.75, 3.05) is 19.7 Å². The molecule has 0 radical (unpaired) electrons. The van der Waals surface area contributed by atoms with Gasteiger partial charge in [-0.2, -0.15) is 0 Å². The minimum Gasteiger partial charge on any atom is -0.508 e. The highest BCUT2D eigenvalue weighted by atomic mass is 35.5. The smallest absolute Gasteiger partial charge is 0.342 e. The summed E-state index contributed by atoms with van der Waals surface area (Å²) in [5, 5.41) is 11.4. The average Bonchev–Trinajstić information content (AvgIpc) is 3.11. The van der Waals surface area contributed by atoms with Gasteiger partial charge in [0.15, 0.2) is 0 Å². The molecule has 0 saturated carbocycles. The van der Waals surface area contributed by atoms with Crippen LogP contribution in [0.3, 0.4) is 0 Å². The molecule has 0 bridgehead atoms.